The molecule has 0 spiro atoms. The first-order valence-corrected chi connectivity index (χ1v) is 9.42. The summed E-state index contributed by atoms with van der Waals surface area (Å²) in [4.78, 5) is 31.8. The van der Waals surface area contributed by atoms with Crippen molar-refractivity contribution in [2.24, 2.45) is 0 Å². The normalized spacial score (nSPS) is 10.7. The van der Waals surface area contributed by atoms with Gasteiger partial charge >= 0.3 is 0 Å². The second-order valence-corrected chi connectivity index (χ2v) is 6.84. The number of aromatic amines is 1. The molecule has 3 rings (SSSR count). The van der Waals surface area contributed by atoms with E-state index < -0.39 is 17.5 Å². The lowest BCUT2D eigenvalue weighted by molar-refractivity contribution is 0.102. The minimum Gasteiger partial charge on any atom is -0.475 e. The van der Waals surface area contributed by atoms with E-state index in [1.165, 1.54) is 30.6 Å². The second-order valence-electron chi connectivity index (χ2n) is 6.03. The fourth-order valence-corrected chi connectivity index (χ4v) is 2.89. The van der Waals surface area contributed by atoms with Crippen molar-refractivity contribution in [1.82, 2.24) is 9.97 Å². The first-order valence-electron chi connectivity index (χ1n) is 8.66. The third-order valence-corrected chi connectivity index (χ3v) is 4.60. The molecule has 0 radical (unpaired) electrons. The summed E-state index contributed by atoms with van der Waals surface area (Å²) < 4.78 is 24.5. The van der Waals surface area contributed by atoms with Gasteiger partial charge in [0.1, 0.15) is 12.3 Å². The third-order valence-electron chi connectivity index (χ3n) is 3.99. The van der Waals surface area contributed by atoms with Gasteiger partial charge in [0.15, 0.2) is 11.6 Å². The molecule has 2 N–H and O–H groups in total. The molecule has 0 aliphatic rings. The predicted molar refractivity (Wildman–Crippen MR) is 110 cm³/mol. The number of aromatic nitrogens is 2. The smallest absolute Gasteiger partial charge is 0.272 e. The topological polar surface area (TPSA) is 93.3 Å². The molecule has 0 atom stereocenters. The molecule has 156 valence electrons. The molecule has 2 aromatic heterocycles. The summed E-state index contributed by atoms with van der Waals surface area (Å²) in [5, 5.41) is 2.33. The molecule has 30 heavy (non-hydrogen) atoms. The van der Waals surface area contributed by atoms with Gasteiger partial charge in [-0.15, -0.1) is 0 Å². The molecular formula is C20H16Cl2FN3O4. The summed E-state index contributed by atoms with van der Waals surface area (Å²) in [7, 11) is 1.56. The van der Waals surface area contributed by atoms with E-state index in [1.54, 1.807) is 19.2 Å². The van der Waals surface area contributed by atoms with Crippen molar-refractivity contribution < 1.29 is 23.5 Å². The van der Waals surface area contributed by atoms with E-state index in [2.05, 4.69) is 15.3 Å². The van der Waals surface area contributed by atoms with Crippen LogP contribution in [0.4, 0.5) is 10.1 Å². The van der Waals surface area contributed by atoms with Crippen molar-refractivity contribution in [2.75, 3.05) is 25.6 Å². The fourth-order valence-electron chi connectivity index (χ4n) is 2.50. The van der Waals surface area contributed by atoms with Gasteiger partial charge in [-0.05, 0) is 24.3 Å². The highest BCUT2D eigenvalue weighted by Gasteiger charge is 2.22. The number of rotatable bonds is 8. The number of carbonyl (C=O) groups is 2. The number of hydrogen-bond donors (Lipinski definition) is 2. The van der Waals surface area contributed by atoms with Gasteiger partial charge in [0.05, 0.1) is 34.1 Å². The number of H-pyrrole nitrogens is 1. The van der Waals surface area contributed by atoms with E-state index in [4.69, 9.17) is 32.7 Å². The van der Waals surface area contributed by atoms with Crippen molar-refractivity contribution in [3.05, 3.63) is 75.4 Å². The Morgan fingerprint density at radius 1 is 1.17 bits per heavy atom. The van der Waals surface area contributed by atoms with E-state index in [1.807, 2.05) is 0 Å². The molecule has 10 heteroatoms. The van der Waals surface area contributed by atoms with Gasteiger partial charge in [-0.25, -0.2) is 9.37 Å². The number of carbonyl (C=O) groups excluding carboxylic acids is 2. The highest BCUT2D eigenvalue weighted by atomic mass is 35.5. The predicted octanol–water partition coefficient (Wildman–Crippen LogP) is 4.36. The Balaban J connectivity index is 1.69. The monoisotopic (exact) mass is 451 g/mol. The average molecular weight is 452 g/mol. The Labute approximate surface area is 181 Å². The summed E-state index contributed by atoms with van der Waals surface area (Å²) in [6, 6.07) is 7.09. The number of benzene rings is 1. The van der Waals surface area contributed by atoms with Gasteiger partial charge in [0.2, 0.25) is 5.88 Å². The zero-order valence-corrected chi connectivity index (χ0v) is 17.2. The lowest BCUT2D eigenvalue weighted by atomic mass is 10.0. The van der Waals surface area contributed by atoms with Crippen molar-refractivity contribution in [3.63, 3.8) is 0 Å². The van der Waals surface area contributed by atoms with Crippen LogP contribution in [0.25, 0.3) is 0 Å². The molecule has 3 aromatic rings. The zero-order chi connectivity index (χ0) is 21.7. The van der Waals surface area contributed by atoms with Crippen LogP contribution in [-0.4, -0.2) is 42.0 Å². The Kier molecular flexibility index (Phi) is 7.04. The summed E-state index contributed by atoms with van der Waals surface area (Å²) in [5.41, 5.74) is 0.217. The summed E-state index contributed by atoms with van der Waals surface area (Å²) in [6.07, 6.45) is 2.72. The van der Waals surface area contributed by atoms with Crippen molar-refractivity contribution in [2.45, 2.75) is 0 Å². The standard InChI is InChI=1S/C20H16Cl2FN3O4/c1-29-6-7-30-16-5-2-12(10-25-16)26-20(28)15-8-11(9-24-15)19(27)17-13(21)3-4-14(22)18(17)23/h2-5,8-10,24H,6-7H2,1H3,(H,26,28). The van der Waals surface area contributed by atoms with Crippen LogP contribution in [-0.2, 0) is 4.74 Å². The number of methoxy groups -OCH3 is 1. The molecule has 1 amide bonds. The zero-order valence-electron chi connectivity index (χ0n) is 15.7. The van der Waals surface area contributed by atoms with E-state index in [9.17, 15) is 14.0 Å². The molecule has 1 aromatic carbocycles. The maximum Gasteiger partial charge on any atom is 0.272 e. The Morgan fingerprint density at radius 3 is 2.63 bits per heavy atom. The first kappa shape index (κ1) is 21.8. The number of amides is 1. The van der Waals surface area contributed by atoms with E-state index >= 15 is 0 Å². The summed E-state index contributed by atoms with van der Waals surface area (Å²) in [6.45, 7) is 0.782. The molecule has 2 heterocycles. The van der Waals surface area contributed by atoms with E-state index in [0.717, 1.165) is 0 Å². The molecule has 0 aliphatic carbocycles. The highest BCUT2D eigenvalue weighted by Crippen LogP contribution is 2.28. The summed E-state index contributed by atoms with van der Waals surface area (Å²) >= 11 is 11.7. The number of anilines is 1. The van der Waals surface area contributed by atoms with Gasteiger partial charge in [-0.1, -0.05) is 23.2 Å². The summed E-state index contributed by atoms with van der Waals surface area (Å²) in [5.74, 6) is -1.74. The SMILES string of the molecule is COCCOc1ccc(NC(=O)c2cc(C(=O)c3c(Cl)ccc(Cl)c3F)c[nH]2)cn1. The maximum atomic E-state index is 14.2. The molecular weight excluding hydrogens is 436 g/mol. The lowest BCUT2D eigenvalue weighted by Gasteiger charge is -2.06. The van der Waals surface area contributed by atoms with Gasteiger partial charge < -0.3 is 19.8 Å². The minimum absolute atomic E-state index is 0.0585. The Hall–Kier alpha value is -2.94. The molecule has 0 bridgehead atoms. The number of nitrogens with zero attached hydrogens (tertiary/aromatic N) is 1. The average Bonchev–Trinajstić information content (AvgIpc) is 3.23. The molecule has 0 saturated heterocycles. The number of ether oxygens (including phenoxy) is 2. The van der Waals surface area contributed by atoms with Crippen LogP contribution in [0.2, 0.25) is 10.0 Å². The van der Waals surface area contributed by atoms with Gasteiger partial charge in [-0.3, -0.25) is 9.59 Å². The lowest BCUT2D eigenvalue weighted by Crippen LogP contribution is -2.12. The number of halogens is 3. The van der Waals surface area contributed by atoms with Crippen LogP contribution in [0.3, 0.4) is 0 Å². The van der Waals surface area contributed by atoms with Gasteiger partial charge in [0.25, 0.3) is 5.91 Å². The first-order chi connectivity index (χ1) is 14.4. The van der Waals surface area contributed by atoms with Crippen molar-refractivity contribution >= 4 is 40.6 Å². The number of nitrogens with one attached hydrogen (secondary N) is 2. The Morgan fingerprint density at radius 2 is 1.93 bits per heavy atom. The van der Waals surface area contributed by atoms with Crippen LogP contribution in [0.15, 0.2) is 42.7 Å². The largest absolute Gasteiger partial charge is 0.475 e. The van der Waals surface area contributed by atoms with Gasteiger partial charge in [-0.2, -0.15) is 0 Å². The van der Waals surface area contributed by atoms with Gasteiger partial charge in [0, 0.05) is 24.9 Å². The van der Waals surface area contributed by atoms with E-state index in [0.29, 0.717) is 24.8 Å². The molecule has 0 fully saturated rings. The van der Waals surface area contributed by atoms with Crippen LogP contribution in [0.1, 0.15) is 26.4 Å². The van der Waals surface area contributed by atoms with Crippen LogP contribution >= 0.6 is 23.2 Å². The van der Waals surface area contributed by atoms with Crippen molar-refractivity contribution in [1.29, 1.82) is 0 Å². The van der Waals surface area contributed by atoms with Crippen LogP contribution in [0.5, 0.6) is 5.88 Å². The fraction of sp³-hybridized carbons (Fsp3) is 0.150. The number of hydrogen-bond acceptors (Lipinski definition) is 5. The number of ketones is 1. The highest BCUT2D eigenvalue weighted by molar-refractivity contribution is 6.37. The van der Waals surface area contributed by atoms with Crippen molar-refractivity contribution in [3.8, 4) is 5.88 Å². The maximum absolute atomic E-state index is 14.2. The number of pyridine rings is 1. The minimum atomic E-state index is -0.916. The molecule has 0 saturated carbocycles. The molecule has 0 unspecified atom stereocenters. The molecule has 0 aliphatic heterocycles. The van der Waals surface area contributed by atoms with Crippen LogP contribution in [0, 0.1) is 5.82 Å². The Bertz CT molecular complexity index is 1070. The third kappa shape index (κ3) is 4.96. The molecule has 7 nitrogen and oxygen atoms in total. The quantitative estimate of drug-likeness (QED) is 0.301. The van der Waals surface area contributed by atoms with E-state index in [-0.39, 0.29) is 26.9 Å². The van der Waals surface area contributed by atoms with Crippen LogP contribution < -0.4 is 10.1 Å². The second kappa shape index (κ2) is 9.71.